The van der Waals surface area contributed by atoms with Crippen LogP contribution in [0.5, 0.6) is 5.75 Å². The molecule has 0 radical (unpaired) electrons. The van der Waals surface area contributed by atoms with Gasteiger partial charge in [-0.15, -0.1) is 0 Å². The zero-order valence-corrected chi connectivity index (χ0v) is 11.5. The van der Waals surface area contributed by atoms with E-state index in [0.29, 0.717) is 11.6 Å². The van der Waals surface area contributed by atoms with Gasteiger partial charge in [0.05, 0.1) is 18.5 Å². The fraction of sp³-hybridized carbons (Fsp3) is 0.308. The van der Waals surface area contributed by atoms with Gasteiger partial charge in [-0.2, -0.15) is 0 Å². The molecule has 0 amide bonds. The maximum atomic E-state index is 6.04. The lowest BCUT2D eigenvalue weighted by Gasteiger charge is -2.09. The lowest BCUT2D eigenvalue weighted by atomic mass is 10.1. The van der Waals surface area contributed by atoms with Crippen LogP contribution in [0.3, 0.4) is 0 Å². The van der Waals surface area contributed by atoms with E-state index < -0.39 is 0 Å². The third kappa shape index (κ3) is 2.09. The number of methoxy groups -OCH3 is 1. The molecule has 18 heavy (non-hydrogen) atoms. The molecule has 0 unspecified atom stereocenters. The van der Waals surface area contributed by atoms with Crippen LogP contribution in [0.2, 0.25) is 5.02 Å². The highest BCUT2D eigenvalue weighted by atomic mass is 35.5. The molecule has 0 aliphatic carbocycles. The van der Waals surface area contributed by atoms with E-state index in [9.17, 15) is 0 Å². The quantitative estimate of drug-likeness (QED) is 0.928. The van der Waals surface area contributed by atoms with Gasteiger partial charge >= 0.3 is 0 Å². The number of halogens is 1. The summed E-state index contributed by atoms with van der Waals surface area (Å²) in [6.45, 7) is 2.36. The van der Waals surface area contributed by atoms with Crippen LogP contribution < -0.4 is 10.5 Å². The summed E-state index contributed by atoms with van der Waals surface area (Å²) in [4.78, 5) is 4.55. The molecule has 0 atom stereocenters. The van der Waals surface area contributed by atoms with Crippen LogP contribution in [0.15, 0.2) is 18.2 Å². The first-order chi connectivity index (χ1) is 8.58. The minimum absolute atomic E-state index is 0.419. The van der Waals surface area contributed by atoms with Gasteiger partial charge < -0.3 is 15.0 Å². The zero-order chi connectivity index (χ0) is 13.3. The second-order valence-electron chi connectivity index (χ2n) is 4.06. The average Bonchev–Trinajstić information content (AvgIpc) is 2.65. The Morgan fingerprint density at radius 3 is 2.78 bits per heavy atom. The molecular weight excluding hydrogens is 250 g/mol. The van der Waals surface area contributed by atoms with Gasteiger partial charge in [-0.1, -0.05) is 11.6 Å². The average molecular weight is 266 g/mol. The molecule has 1 aromatic carbocycles. The molecule has 1 aromatic heterocycles. The number of ether oxygens (including phenoxy) is 1. The lowest BCUT2D eigenvalue weighted by Crippen LogP contribution is -2.05. The first kappa shape index (κ1) is 12.9. The van der Waals surface area contributed by atoms with Crippen LogP contribution in [0.1, 0.15) is 11.5 Å². The lowest BCUT2D eigenvalue weighted by molar-refractivity contribution is 0.416. The van der Waals surface area contributed by atoms with Gasteiger partial charge in [0, 0.05) is 24.2 Å². The normalized spacial score (nSPS) is 10.7. The smallest absolute Gasteiger partial charge is 0.128 e. The zero-order valence-electron chi connectivity index (χ0n) is 10.7. The Hall–Kier alpha value is -1.52. The predicted molar refractivity (Wildman–Crippen MR) is 72.8 cm³/mol. The van der Waals surface area contributed by atoms with Crippen molar-refractivity contribution < 1.29 is 4.74 Å². The van der Waals surface area contributed by atoms with Gasteiger partial charge in [-0.25, -0.2) is 4.98 Å². The highest BCUT2D eigenvalue weighted by Gasteiger charge is 2.16. The molecule has 2 aromatic rings. The molecule has 2 N–H and O–H groups in total. The van der Waals surface area contributed by atoms with E-state index in [0.717, 1.165) is 28.5 Å². The van der Waals surface area contributed by atoms with E-state index in [-0.39, 0.29) is 0 Å². The Balaban J connectivity index is 2.68. The van der Waals surface area contributed by atoms with Crippen molar-refractivity contribution in [3.8, 4) is 17.0 Å². The number of nitrogens with zero attached hydrogens (tertiary/aromatic N) is 2. The second kappa shape index (κ2) is 5.00. The monoisotopic (exact) mass is 265 g/mol. The van der Waals surface area contributed by atoms with Crippen LogP contribution >= 0.6 is 11.6 Å². The van der Waals surface area contributed by atoms with Crippen molar-refractivity contribution in [3.63, 3.8) is 0 Å². The van der Waals surface area contributed by atoms with Gasteiger partial charge in [-0.3, -0.25) is 0 Å². The molecule has 0 aliphatic heterocycles. The Labute approximate surface area is 111 Å². The molecule has 4 nitrogen and oxygen atoms in total. The van der Waals surface area contributed by atoms with Gasteiger partial charge in [0.2, 0.25) is 0 Å². The topological polar surface area (TPSA) is 53.1 Å². The number of benzene rings is 1. The summed E-state index contributed by atoms with van der Waals surface area (Å²) < 4.78 is 7.34. The Morgan fingerprint density at radius 1 is 1.44 bits per heavy atom. The van der Waals surface area contributed by atoms with Crippen molar-refractivity contribution in [1.29, 1.82) is 0 Å². The summed E-state index contributed by atoms with van der Waals surface area (Å²) in [5.41, 5.74) is 8.46. The third-order valence-corrected chi connectivity index (χ3v) is 3.28. The SMILES string of the molecule is COc1ccc(Cl)cc1-c1nc(C)n(C)c1CN. The second-order valence-corrected chi connectivity index (χ2v) is 4.50. The predicted octanol–water partition coefficient (Wildman–Crippen LogP) is 2.52. The number of imidazole rings is 1. The minimum Gasteiger partial charge on any atom is -0.496 e. The molecule has 1 heterocycles. The van der Waals surface area contributed by atoms with Gasteiger partial charge in [0.15, 0.2) is 0 Å². The Bertz CT molecular complexity index is 578. The van der Waals surface area contributed by atoms with Crippen molar-refractivity contribution in [2.24, 2.45) is 12.8 Å². The number of nitrogens with two attached hydrogens (primary N) is 1. The van der Waals surface area contributed by atoms with Crippen molar-refractivity contribution in [2.75, 3.05) is 7.11 Å². The molecule has 5 heteroatoms. The first-order valence-electron chi connectivity index (χ1n) is 5.64. The highest BCUT2D eigenvalue weighted by Crippen LogP contribution is 2.33. The standard InChI is InChI=1S/C13H16ClN3O/c1-8-16-13(11(7-15)17(8)2)10-6-9(14)4-5-12(10)18-3/h4-6H,7,15H2,1-3H3. The molecule has 0 saturated heterocycles. The van der Waals surface area contributed by atoms with Gasteiger partial charge in [-0.05, 0) is 25.1 Å². The molecule has 0 spiro atoms. The maximum Gasteiger partial charge on any atom is 0.128 e. The number of rotatable bonds is 3. The third-order valence-electron chi connectivity index (χ3n) is 3.05. The Morgan fingerprint density at radius 2 is 2.17 bits per heavy atom. The van der Waals surface area contributed by atoms with Gasteiger partial charge in [0.25, 0.3) is 0 Å². The molecule has 2 rings (SSSR count). The van der Waals surface area contributed by atoms with E-state index in [2.05, 4.69) is 4.98 Å². The van der Waals surface area contributed by atoms with Crippen LogP contribution in [0, 0.1) is 6.92 Å². The van der Waals surface area contributed by atoms with Crippen LogP contribution in [0.4, 0.5) is 0 Å². The summed E-state index contributed by atoms with van der Waals surface area (Å²) in [5.74, 6) is 1.65. The van der Waals surface area contributed by atoms with E-state index in [1.54, 1.807) is 13.2 Å². The van der Waals surface area contributed by atoms with Crippen molar-refractivity contribution >= 4 is 11.6 Å². The molecular formula is C13H16ClN3O. The van der Waals surface area contributed by atoms with E-state index in [1.807, 2.05) is 30.7 Å². The van der Waals surface area contributed by atoms with E-state index in [1.165, 1.54) is 0 Å². The van der Waals surface area contributed by atoms with E-state index in [4.69, 9.17) is 22.1 Å². The fourth-order valence-electron chi connectivity index (χ4n) is 1.97. The van der Waals surface area contributed by atoms with Crippen LogP contribution in [0.25, 0.3) is 11.3 Å². The van der Waals surface area contributed by atoms with Crippen molar-refractivity contribution in [1.82, 2.24) is 9.55 Å². The number of hydrogen-bond acceptors (Lipinski definition) is 3. The molecule has 0 saturated carbocycles. The van der Waals surface area contributed by atoms with Crippen molar-refractivity contribution in [2.45, 2.75) is 13.5 Å². The maximum absolute atomic E-state index is 6.04. The summed E-state index contributed by atoms with van der Waals surface area (Å²) in [7, 11) is 3.58. The fourth-order valence-corrected chi connectivity index (χ4v) is 2.14. The highest BCUT2D eigenvalue weighted by molar-refractivity contribution is 6.31. The first-order valence-corrected chi connectivity index (χ1v) is 6.02. The van der Waals surface area contributed by atoms with Gasteiger partial charge in [0.1, 0.15) is 11.6 Å². The molecule has 96 valence electrons. The summed E-state index contributed by atoms with van der Waals surface area (Å²) in [6.07, 6.45) is 0. The largest absolute Gasteiger partial charge is 0.496 e. The Kier molecular flexibility index (Phi) is 3.59. The summed E-state index contributed by atoms with van der Waals surface area (Å²) in [6, 6.07) is 5.48. The molecule has 0 aliphatic rings. The summed E-state index contributed by atoms with van der Waals surface area (Å²) in [5, 5.41) is 0.650. The van der Waals surface area contributed by atoms with E-state index >= 15 is 0 Å². The molecule has 0 bridgehead atoms. The molecule has 0 fully saturated rings. The number of aromatic nitrogens is 2. The number of aryl methyl sites for hydroxylation is 1. The number of hydrogen-bond donors (Lipinski definition) is 1. The summed E-state index contributed by atoms with van der Waals surface area (Å²) >= 11 is 6.04. The van der Waals surface area contributed by atoms with Crippen LogP contribution in [-0.4, -0.2) is 16.7 Å². The van der Waals surface area contributed by atoms with Crippen LogP contribution in [-0.2, 0) is 13.6 Å². The minimum atomic E-state index is 0.419. The van der Waals surface area contributed by atoms with Crippen molar-refractivity contribution in [3.05, 3.63) is 34.7 Å².